The van der Waals surface area contributed by atoms with Crippen LogP contribution in [0.2, 0.25) is 0 Å². The molecule has 1 heterocycles. The lowest BCUT2D eigenvalue weighted by atomic mass is 10.2. The van der Waals surface area contributed by atoms with Crippen LogP contribution in [0.4, 0.5) is 0 Å². The van der Waals surface area contributed by atoms with Crippen LogP contribution >= 0.6 is 11.3 Å². The van der Waals surface area contributed by atoms with E-state index in [0.29, 0.717) is 16.8 Å². The number of thiophene rings is 1. The smallest absolute Gasteiger partial charge is 0.252 e. The Morgan fingerprint density at radius 1 is 1.36 bits per heavy atom. The van der Waals surface area contributed by atoms with E-state index < -0.39 is 10.0 Å². The molecule has 0 spiro atoms. The van der Waals surface area contributed by atoms with Crippen molar-refractivity contribution in [1.29, 1.82) is 0 Å². The lowest BCUT2D eigenvalue weighted by Gasteiger charge is -2.16. The van der Waals surface area contributed by atoms with Crippen molar-refractivity contribution >= 4 is 27.3 Å². The third-order valence-corrected chi connectivity index (χ3v) is 6.74. The van der Waals surface area contributed by atoms with E-state index in [9.17, 15) is 8.42 Å². The Labute approximate surface area is 136 Å². The van der Waals surface area contributed by atoms with E-state index in [1.54, 1.807) is 13.1 Å². The minimum atomic E-state index is -3.35. The highest BCUT2D eigenvalue weighted by atomic mass is 32.2. The van der Waals surface area contributed by atoms with E-state index in [4.69, 9.17) is 0 Å². The molecule has 0 unspecified atom stereocenters. The molecule has 1 aromatic rings. The molecule has 0 aliphatic heterocycles. The summed E-state index contributed by atoms with van der Waals surface area (Å²) >= 11 is 1.28. The van der Waals surface area contributed by atoms with Crippen LogP contribution in [-0.4, -0.2) is 45.9 Å². The van der Waals surface area contributed by atoms with Crippen molar-refractivity contribution in [3.05, 3.63) is 29.2 Å². The molecule has 0 radical (unpaired) electrons. The van der Waals surface area contributed by atoms with Gasteiger partial charge in [0.15, 0.2) is 5.96 Å². The number of nitrogens with one attached hydrogen (secondary N) is 2. The highest BCUT2D eigenvalue weighted by Gasteiger charge is 2.19. The van der Waals surface area contributed by atoms with Crippen molar-refractivity contribution in [2.75, 3.05) is 21.1 Å². The Bertz CT molecular complexity index is 654. The minimum absolute atomic E-state index is 0.359. The van der Waals surface area contributed by atoms with E-state index in [1.165, 1.54) is 29.7 Å². The summed E-state index contributed by atoms with van der Waals surface area (Å²) in [7, 11) is 1.45. The van der Waals surface area contributed by atoms with Crippen LogP contribution in [0.25, 0.3) is 0 Å². The topological polar surface area (TPSA) is 73.8 Å². The number of hydrogen-bond donors (Lipinski definition) is 2. The summed E-state index contributed by atoms with van der Waals surface area (Å²) in [5.41, 5.74) is 0. The molecular formula is C14H22N4O2S2. The molecular weight excluding hydrogens is 320 g/mol. The van der Waals surface area contributed by atoms with Crippen LogP contribution in [0.5, 0.6) is 0 Å². The number of rotatable bonds is 5. The molecule has 0 atom stereocenters. The van der Waals surface area contributed by atoms with Gasteiger partial charge in [0.1, 0.15) is 4.21 Å². The number of nitrogens with zero attached hydrogens (tertiary/aromatic N) is 2. The molecule has 0 bridgehead atoms. The molecule has 0 saturated heterocycles. The lowest BCUT2D eigenvalue weighted by molar-refractivity contribution is 0.523. The molecule has 6 nitrogen and oxygen atoms in total. The number of hydrogen-bond acceptors (Lipinski definition) is 4. The standard InChI is InChI=1S/C14H22N4O2S2/c1-15-14(17-11-6-4-5-7-11)16-10-12-8-9-13(21-12)22(19,20)18(2)3/h4-5,8-9,11H,6-7,10H2,1-3H3,(H2,15,16,17). The zero-order chi connectivity index (χ0) is 16.2. The van der Waals surface area contributed by atoms with Gasteiger partial charge in [0.25, 0.3) is 10.0 Å². The van der Waals surface area contributed by atoms with Gasteiger partial charge in [-0.15, -0.1) is 11.3 Å². The molecule has 2 N–H and O–H groups in total. The first kappa shape index (κ1) is 17.0. The summed E-state index contributed by atoms with van der Waals surface area (Å²) in [5, 5.41) is 6.57. The summed E-state index contributed by atoms with van der Waals surface area (Å²) in [6, 6.07) is 3.87. The van der Waals surface area contributed by atoms with E-state index in [-0.39, 0.29) is 0 Å². The van der Waals surface area contributed by atoms with E-state index in [1.807, 2.05) is 6.07 Å². The van der Waals surface area contributed by atoms with Crippen LogP contribution < -0.4 is 10.6 Å². The molecule has 2 rings (SSSR count). The van der Waals surface area contributed by atoms with Crippen molar-refractivity contribution in [3.8, 4) is 0 Å². The van der Waals surface area contributed by atoms with Crippen molar-refractivity contribution in [1.82, 2.24) is 14.9 Å². The second kappa shape index (κ2) is 7.26. The van der Waals surface area contributed by atoms with Crippen molar-refractivity contribution < 1.29 is 8.42 Å². The fourth-order valence-electron chi connectivity index (χ4n) is 2.07. The Balaban J connectivity index is 1.92. The molecule has 0 saturated carbocycles. The minimum Gasteiger partial charge on any atom is -0.353 e. The zero-order valence-electron chi connectivity index (χ0n) is 13.0. The van der Waals surface area contributed by atoms with E-state index in [0.717, 1.165) is 23.7 Å². The van der Waals surface area contributed by atoms with Crippen LogP contribution in [0, 0.1) is 0 Å². The van der Waals surface area contributed by atoms with Crippen molar-refractivity contribution in [3.63, 3.8) is 0 Å². The highest BCUT2D eigenvalue weighted by molar-refractivity contribution is 7.91. The van der Waals surface area contributed by atoms with Gasteiger partial charge in [-0.3, -0.25) is 4.99 Å². The van der Waals surface area contributed by atoms with Crippen molar-refractivity contribution in [2.45, 2.75) is 29.6 Å². The van der Waals surface area contributed by atoms with Crippen molar-refractivity contribution in [2.24, 2.45) is 4.99 Å². The van der Waals surface area contributed by atoms with Crippen LogP contribution in [-0.2, 0) is 16.6 Å². The Kier molecular flexibility index (Phi) is 5.60. The predicted molar refractivity (Wildman–Crippen MR) is 90.7 cm³/mol. The van der Waals surface area contributed by atoms with Gasteiger partial charge >= 0.3 is 0 Å². The Morgan fingerprint density at radius 3 is 2.64 bits per heavy atom. The first-order chi connectivity index (χ1) is 10.4. The average Bonchev–Trinajstić information content (AvgIpc) is 3.14. The van der Waals surface area contributed by atoms with Gasteiger partial charge in [-0.05, 0) is 25.0 Å². The first-order valence-corrected chi connectivity index (χ1v) is 9.32. The lowest BCUT2D eigenvalue weighted by Crippen LogP contribution is -2.41. The quantitative estimate of drug-likeness (QED) is 0.482. The Hall–Kier alpha value is -1.38. The molecule has 0 amide bonds. The molecule has 0 aromatic carbocycles. The highest BCUT2D eigenvalue weighted by Crippen LogP contribution is 2.23. The largest absolute Gasteiger partial charge is 0.353 e. The third-order valence-electron chi connectivity index (χ3n) is 3.37. The number of aliphatic imine (C=N–C) groups is 1. The molecule has 8 heteroatoms. The van der Waals surface area contributed by atoms with Gasteiger partial charge in [0.2, 0.25) is 0 Å². The molecule has 1 aliphatic rings. The second-order valence-corrected chi connectivity index (χ2v) is 8.77. The Morgan fingerprint density at radius 2 is 2.05 bits per heavy atom. The molecule has 1 aromatic heterocycles. The summed E-state index contributed by atoms with van der Waals surface area (Å²) in [5.74, 6) is 0.735. The maximum atomic E-state index is 12.0. The van der Waals surface area contributed by atoms with Gasteiger partial charge < -0.3 is 10.6 Å². The summed E-state index contributed by atoms with van der Waals surface area (Å²) in [6.45, 7) is 0.549. The average molecular weight is 342 g/mol. The zero-order valence-corrected chi connectivity index (χ0v) is 14.7. The van der Waals surface area contributed by atoms with Crippen LogP contribution in [0.3, 0.4) is 0 Å². The van der Waals surface area contributed by atoms with Gasteiger partial charge in [-0.1, -0.05) is 12.2 Å². The fraction of sp³-hybridized carbons (Fsp3) is 0.500. The van der Waals surface area contributed by atoms with E-state index >= 15 is 0 Å². The molecule has 22 heavy (non-hydrogen) atoms. The third kappa shape index (κ3) is 4.08. The van der Waals surface area contributed by atoms with Crippen LogP contribution in [0.15, 0.2) is 33.5 Å². The molecule has 0 fully saturated rings. The first-order valence-electron chi connectivity index (χ1n) is 7.07. The van der Waals surface area contributed by atoms with Gasteiger partial charge in [-0.2, -0.15) is 0 Å². The molecule has 122 valence electrons. The monoisotopic (exact) mass is 342 g/mol. The summed E-state index contributed by atoms with van der Waals surface area (Å²) < 4.78 is 25.7. The van der Waals surface area contributed by atoms with Gasteiger partial charge in [-0.25, -0.2) is 12.7 Å². The second-order valence-electron chi connectivity index (χ2n) is 5.22. The number of guanidine groups is 1. The predicted octanol–water partition coefficient (Wildman–Crippen LogP) is 1.38. The van der Waals surface area contributed by atoms with Crippen LogP contribution in [0.1, 0.15) is 17.7 Å². The van der Waals surface area contributed by atoms with Gasteiger partial charge in [0, 0.05) is 32.1 Å². The SMILES string of the molecule is CN=C(NCc1ccc(S(=O)(=O)N(C)C)s1)NC1CC=CC1. The number of sulfonamides is 1. The normalized spacial score (nSPS) is 16.5. The fourth-order valence-corrected chi connectivity index (χ4v) is 4.53. The summed E-state index contributed by atoms with van der Waals surface area (Å²) in [6.07, 6.45) is 6.32. The molecule has 1 aliphatic carbocycles. The maximum absolute atomic E-state index is 12.0. The maximum Gasteiger partial charge on any atom is 0.252 e. The van der Waals surface area contributed by atoms with Gasteiger partial charge in [0.05, 0.1) is 6.54 Å². The van der Waals surface area contributed by atoms with E-state index in [2.05, 4.69) is 27.8 Å². The summed E-state index contributed by atoms with van der Waals surface area (Å²) in [4.78, 5) is 5.15.